The number of hydrogen-bond acceptors (Lipinski definition) is 3. The average Bonchev–Trinajstić information content (AvgIpc) is 3.19. The number of nitrogens with one attached hydrogen (secondary N) is 2. The minimum absolute atomic E-state index is 0.954. The molecule has 37 heavy (non-hydrogen) atoms. The van der Waals surface area contributed by atoms with E-state index in [1.807, 2.05) is 0 Å². The lowest BCUT2D eigenvalue weighted by atomic mass is 10.0. The van der Waals surface area contributed by atoms with Crippen molar-refractivity contribution in [1.29, 1.82) is 0 Å². The Hall–Kier alpha value is -4.24. The summed E-state index contributed by atoms with van der Waals surface area (Å²) in [6.07, 6.45) is 3.22. The van der Waals surface area contributed by atoms with Gasteiger partial charge in [-0.15, -0.1) is 0 Å². The molecule has 0 radical (unpaired) electrons. The van der Waals surface area contributed by atoms with E-state index in [0.29, 0.717) is 0 Å². The van der Waals surface area contributed by atoms with Gasteiger partial charge in [0.05, 0.1) is 5.69 Å². The van der Waals surface area contributed by atoms with Crippen LogP contribution in [0.1, 0.15) is 37.0 Å². The van der Waals surface area contributed by atoms with Gasteiger partial charge in [0, 0.05) is 40.6 Å². The molecule has 3 nitrogen and oxygen atoms in total. The molecule has 4 aromatic carbocycles. The van der Waals surface area contributed by atoms with Gasteiger partial charge in [0.15, 0.2) is 0 Å². The number of anilines is 6. The zero-order valence-electron chi connectivity index (χ0n) is 22.4. The van der Waals surface area contributed by atoms with Crippen LogP contribution in [-0.2, 0) is 0 Å². The van der Waals surface area contributed by atoms with Crippen molar-refractivity contribution in [2.24, 2.45) is 0 Å². The van der Waals surface area contributed by atoms with Crippen LogP contribution in [0.5, 0.6) is 0 Å². The van der Waals surface area contributed by atoms with E-state index in [-0.39, 0.29) is 0 Å². The zero-order valence-corrected chi connectivity index (χ0v) is 22.4. The van der Waals surface area contributed by atoms with E-state index in [1.165, 1.54) is 33.5 Å². The van der Waals surface area contributed by atoms with Gasteiger partial charge in [-0.3, -0.25) is 0 Å². The minimum Gasteiger partial charge on any atom is -0.358 e. The topological polar surface area (TPSA) is 27.3 Å². The Bertz CT molecular complexity index is 1420. The highest BCUT2D eigenvalue weighted by molar-refractivity contribution is 5.83. The Labute approximate surface area is 221 Å². The van der Waals surface area contributed by atoms with Crippen molar-refractivity contribution in [3.05, 3.63) is 131 Å². The second-order valence-corrected chi connectivity index (χ2v) is 10.1. The Balaban J connectivity index is 1.63. The van der Waals surface area contributed by atoms with Gasteiger partial charge in [0.25, 0.3) is 0 Å². The molecule has 2 N–H and O–H groups in total. The molecule has 3 heteroatoms. The lowest BCUT2D eigenvalue weighted by molar-refractivity contribution is 1.14. The van der Waals surface area contributed by atoms with Crippen LogP contribution < -0.4 is 15.5 Å². The maximum absolute atomic E-state index is 3.76. The van der Waals surface area contributed by atoms with Crippen LogP contribution in [0.3, 0.4) is 0 Å². The van der Waals surface area contributed by atoms with E-state index in [4.69, 9.17) is 0 Å². The van der Waals surface area contributed by atoms with Gasteiger partial charge in [0.1, 0.15) is 0 Å². The molecule has 186 valence electrons. The van der Waals surface area contributed by atoms with E-state index in [9.17, 15) is 0 Å². The summed E-state index contributed by atoms with van der Waals surface area (Å²) in [6, 6.07) is 32.3. The molecule has 1 aliphatic carbocycles. The summed E-state index contributed by atoms with van der Waals surface area (Å²) in [5, 5.41) is 7.50. The fourth-order valence-electron chi connectivity index (χ4n) is 5.25. The van der Waals surface area contributed by atoms with Gasteiger partial charge in [-0.2, -0.15) is 0 Å². The summed E-state index contributed by atoms with van der Waals surface area (Å²) in [6.45, 7) is 10.9. The number of aryl methyl sites for hydroxylation is 3. The molecule has 0 amide bonds. The molecule has 0 saturated heterocycles. The Morgan fingerprint density at radius 3 is 1.65 bits per heavy atom. The summed E-state index contributed by atoms with van der Waals surface area (Å²) in [5.74, 6) is 0. The second kappa shape index (κ2) is 10.4. The van der Waals surface area contributed by atoms with Crippen LogP contribution in [0.2, 0.25) is 0 Å². The molecule has 1 aliphatic rings. The van der Waals surface area contributed by atoms with Gasteiger partial charge in [-0.05, 0) is 93.8 Å². The number of nitrogens with zero attached hydrogens (tertiary/aromatic N) is 1. The van der Waals surface area contributed by atoms with Gasteiger partial charge in [0.2, 0.25) is 0 Å². The molecule has 0 bridgehead atoms. The number of rotatable bonds is 7. The fraction of sp³-hybridized carbons (Fsp3) is 0.176. The molecule has 0 heterocycles. The van der Waals surface area contributed by atoms with Crippen LogP contribution in [0.15, 0.2) is 114 Å². The van der Waals surface area contributed by atoms with Gasteiger partial charge in [-0.1, -0.05) is 65.7 Å². The highest BCUT2D eigenvalue weighted by Crippen LogP contribution is 2.39. The van der Waals surface area contributed by atoms with Crippen LogP contribution in [0, 0.1) is 20.8 Å². The first-order valence-corrected chi connectivity index (χ1v) is 12.9. The first-order chi connectivity index (χ1) is 17.9. The van der Waals surface area contributed by atoms with Crippen LogP contribution in [0.25, 0.3) is 0 Å². The Morgan fingerprint density at radius 1 is 0.595 bits per heavy atom. The standard InChI is InChI=1S/C34H35N3/c1-23-17-26(4)34(27(5)18-23)36-29-20-28(35-33-19-24(2)16-25(33)3)21-32(22-29)37(30-12-8-6-9-13-30)31-14-10-7-11-15-31/h6-18,20-22,35-36H,19H2,1-5H3. The first-order valence-electron chi connectivity index (χ1n) is 12.9. The molecule has 0 saturated carbocycles. The fourth-order valence-corrected chi connectivity index (χ4v) is 5.25. The predicted octanol–water partition coefficient (Wildman–Crippen LogP) is 9.86. The molecular weight excluding hydrogens is 450 g/mol. The third-order valence-corrected chi connectivity index (χ3v) is 6.84. The Morgan fingerprint density at radius 2 is 1.14 bits per heavy atom. The quantitative estimate of drug-likeness (QED) is 0.273. The smallest absolute Gasteiger partial charge is 0.0502 e. The molecule has 5 rings (SSSR count). The van der Waals surface area contributed by atoms with Gasteiger partial charge < -0.3 is 15.5 Å². The number of para-hydroxylation sites is 2. The lowest BCUT2D eigenvalue weighted by Crippen LogP contribution is -2.11. The van der Waals surface area contributed by atoms with Crippen molar-refractivity contribution in [2.45, 2.75) is 41.0 Å². The minimum atomic E-state index is 0.954. The monoisotopic (exact) mass is 485 g/mol. The summed E-state index contributed by atoms with van der Waals surface area (Å²) >= 11 is 0. The summed E-state index contributed by atoms with van der Waals surface area (Å²) in [7, 11) is 0. The number of benzene rings is 4. The zero-order chi connectivity index (χ0) is 25.9. The highest BCUT2D eigenvalue weighted by atomic mass is 15.1. The summed E-state index contributed by atoms with van der Waals surface area (Å²) < 4.78 is 0. The van der Waals surface area contributed by atoms with E-state index in [1.54, 1.807) is 0 Å². The molecule has 0 unspecified atom stereocenters. The third-order valence-electron chi connectivity index (χ3n) is 6.84. The average molecular weight is 486 g/mol. The predicted molar refractivity (Wildman–Crippen MR) is 160 cm³/mol. The van der Waals surface area contributed by atoms with E-state index in [2.05, 4.69) is 147 Å². The highest BCUT2D eigenvalue weighted by Gasteiger charge is 2.17. The summed E-state index contributed by atoms with van der Waals surface area (Å²) in [4.78, 5) is 2.31. The van der Waals surface area contributed by atoms with Crippen LogP contribution in [-0.4, -0.2) is 0 Å². The molecule has 0 spiro atoms. The van der Waals surface area contributed by atoms with Crippen molar-refractivity contribution >= 4 is 34.1 Å². The van der Waals surface area contributed by atoms with Crippen LogP contribution in [0.4, 0.5) is 34.1 Å². The molecular formula is C34H35N3. The molecule has 0 fully saturated rings. The van der Waals surface area contributed by atoms with E-state index >= 15 is 0 Å². The van der Waals surface area contributed by atoms with Crippen molar-refractivity contribution in [3.8, 4) is 0 Å². The van der Waals surface area contributed by atoms with Crippen molar-refractivity contribution in [2.75, 3.05) is 15.5 Å². The first kappa shape index (κ1) is 24.5. The number of hydrogen-bond donors (Lipinski definition) is 2. The van der Waals surface area contributed by atoms with E-state index < -0.39 is 0 Å². The normalized spacial score (nSPS) is 12.9. The maximum Gasteiger partial charge on any atom is 0.0502 e. The second-order valence-electron chi connectivity index (χ2n) is 10.1. The third kappa shape index (κ3) is 5.46. The largest absolute Gasteiger partial charge is 0.358 e. The lowest BCUT2D eigenvalue weighted by Gasteiger charge is -2.27. The number of allylic oxidation sites excluding steroid dienone is 3. The van der Waals surface area contributed by atoms with E-state index in [0.717, 1.165) is 40.5 Å². The van der Waals surface area contributed by atoms with Crippen molar-refractivity contribution in [1.82, 2.24) is 0 Å². The van der Waals surface area contributed by atoms with Gasteiger partial charge in [-0.25, -0.2) is 0 Å². The van der Waals surface area contributed by atoms with Gasteiger partial charge >= 0.3 is 0 Å². The Kier molecular flexibility index (Phi) is 6.87. The maximum atomic E-state index is 3.76. The molecule has 4 aromatic rings. The molecule has 0 atom stereocenters. The van der Waals surface area contributed by atoms with Crippen molar-refractivity contribution < 1.29 is 0 Å². The molecule has 0 aliphatic heterocycles. The van der Waals surface area contributed by atoms with Crippen molar-refractivity contribution in [3.63, 3.8) is 0 Å². The van der Waals surface area contributed by atoms with Crippen LogP contribution >= 0.6 is 0 Å². The SMILES string of the molecule is CC1=CC(C)=C(Nc2cc(Nc3c(C)cc(C)cc3C)cc(N(c3ccccc3)c3ccccc3)c2)C1. The molecule has 0 aromatic heterocycles. The summed E-state index contributed by atoms with van der Waals surface area (Å²) in [5.41, 5.74) is 14.3.